The molecule has 2 rings (SSSR count). The Balaban J connectivity index is 2.12. The third-order valence-corrected chi connectivity index (χ3v) is 4.22. The zero-order valence-electron chi connectivity index (χ0n) is 11.2. The fourth-order valence-corrected chi connectivity index (χ4v) is 3.35. The Morgan fingerprint density at radius 3 is 2.59 bits per heavy atom. The molecule has 17 heavy (non-hydrogen) atoms. The molecule has 94 valence electrons. The van der Waals surface area contributed by atoms with Gasteiger partial charge in [-0.3, -0.25) is 0 Å². The second kappa shape index (κ2) is 6.20. The summed E-state index contributed by atoms with van der Waals surface area (Å²) in [5.74, 6) is 1.57. The van der Waals surface area contributed by atoms with Gasteiger partial charge in [0.1, 0.15) is 0 Å². The van der Waals surface area contributed by atoms with Crippen LogP contribution >= 0.6 is 0 Å². The Hall–Kier alpha value is -0.820. The van der Waals surface area contributed by atoms with E-state index in [1.807, 2.05) is 0 Å². The zero-order valence-corrected chi connectivity index (χ0v) is 11.2. The van der Waals surface area contributed by atoms with Crippen LogP contribution < -0.4 is 5.32 Å². The third-order valence-electron chi connectivity index (χ3n) is 4.22. The zero-order chi connectivity index (χ0) is 12.1. The smallest absolute Gasteiger partial charge is 0.00727 e. The molecule has 1 aromatic rings. The summed E-state index contributed by atoms with van der Waals surface area (Å²) in [7, 11) is 0. The summed E-state index contributed by atoms with van der Waals surface area (Å²) in [4.78, 5) is 0. The standard InChI is InChI=1S/C16H25N/c1-3-17-13(2)15-11-7-8-12-16(15)14-9-5-4-6-10-14/h4-6,9-10,13,15-17H,3,7-8,11-12H2,1-2H3. The van der Waals surface area contributed by atoms with Crippen molar-refractivity contribution >= 4 is 0 Å². The van der Waals surface area contributed by atoms with Crippen LogP contribution in [0.1, 0.15) is 51.0 Å². The van der Waals surface area contributed by atoms with Crippen molar-refractivity contribution in [2.45, 2.75) is 51.5 Å². The molecule has 1 heteroatoms. The minimum atomic E-state index is 0.644. The van der Waals surface area contributed by atoms with Crippen molar-refractivity contribution in [2.75, 3.05) is 6.54 Å². The van der Waals surface area contributed by atoms with Gasteiger partial charge in [0.2, 0.25) is 0 Å². The van der Waals surface area contributed by atoms with E-state index in [4.69, 9.17) is 0 Å². The Kier molecular flexibility index (Phi) is 4.61. The Morgan fingerprint density at radius 2 is 1.88 bits per heavy atom. The van der Waals surface area contributed by atoms with Crippen LogP contribution in [0.4, 0.5) is 0 Å². The normalized spacial score (nSPS) is 26.7. The second-order valence-electron chi connectivity index (χ2n) is 5.31. The molecule has 3 atom stereocenters. The SMILES string of the molecule is CCNC(C)C1CCCCC1c1ccccc1. The Labute approximate surface area is 106 Å². The maximum Gasteiger partial charge on any atom is 0.00727 e. The quantitative estimate of drug-likeness (QED) is 0.827. The summed E-state index contributed by atoms with van der Waals surface area (Å²) < 4.78 is 0. The highest BCUT2D eigenvalue weighted by molar-refractivity contribution is 5.21. The first-order valence-corrected chi connectivity index (χ1v) is 7.11. The van der Waals surface area contributed by atoms with Crippen molar-refractivity contribution in [1.82, 2.24) is 5.32 Å². The molecule has 1 aliphatic rings. The van der Waals surface area contributed by atoms with E-state index in [-0.39, 0.29) is 0 Å². The molecule has 0 bridgehead atoms. The van der Waals surface area contributed by atoms with E-state index in [1.54, 1.807) is 5.56 Å². The van der Waals surface area contributed by atoms with Crippen LogP contribution in [-0.2, 0) is 0 Å². The van der Waals surface area contributed by atoms with Gasteiger partial charge < -0.3 is 5.32 Å². The Bertz CT molecular complexity index is 320. The van der Waals surface area contributed by atoms with E-state index in [9.17, 15) is 0 Å². The molecule has 1 N–H and O–H groups in total. The molecule has 0 amide bonds. The van der Waals surface area contributed by atoms with Crippen LogP contribution in [0.2, 0.25) is 0 Å². The van der Waals surface area contributed by atoms with Gasteiger partial charge in [0.05, 0.1) is 0 Å². The van der Waals surface area contributed by atoms with E-state index >= 15 is 0 Å². The van der Waals surface area contributed by atoms with Gasteiger partial charge in [-0.25, -0.2) is 0 Å². The van der Waals surface area contributed by atoms with Crippen LogP contribution in [0.5, 0.6) is 0 Å². The second-order valence-corrected chi connectivity index (χ2v) is 5.31. The average Bonchev–Trinajstić information content (AvgIpc) is 2.40. The van der Waals surface area contributed by atoms with Crippen LogP contribution in [0.25, 0.3) is 0 Å². The van der Waals surface area contributed by atoms with Crippen molar-refractivity contribution < 1.29 is 0 Å². The molecule has 0 heterocycles. The van der Waals surface area contributed by atoms with Crippen molar-refractivity contribution in [3.63, 3.8) is 0 Å². The highest BCUT2D eigenvalue weighted by Crippen LogP contribution is 2.39. The summed E-state index contributed by atoms with van der Waals surface area (Å²) in [6.07, 6.45) is 5.55. The van der Waals surface area contributed by atoms with Crippen molar-refractivity contribution in [2.24, 2.45) is 5.92 Å². The van der Waals surface area contributed by atoms with Crippen LogP contribution in [0, 0.1) is 5.92 Å². The number of nitrogens with one attached hydrogen (secondary N) is 1. The fourth-order valence-electron chi connectivity index (χ4n) is 3.35. The summed E-state index contributed by atoms with van der Waals surface area (Å²) in [6, 6.07) is 11.7. The van der Waals surface area contributed by atoms with E-state index in [0.29, 0.717) is 6.04 Å². The molecule has 1 aromatic carbocycles. The van der Waals surface area contributed by atoms with Gasteiger partial charge in [0.25, 0.3) is 0 Å². The molecule has 0 spiro atoms. The molecule has 1 nitrogen and oxygen atoms in total. The lowest BCUT2D eigenvalue weighted by atomic mass is 9.72. The summed E-state index contributed by atoms with van der Waals surface area (Å²) in [6.45, 7) is 5.64. The Morgan fingerprint density at radius 1 is 1.18 bits per heavy atom. The first-order chi connectivity index (χ1) is 8.33. The average molecular weight is 231 g/mol. The monoisotopic (exact) mass is 231 g/mol. The van der Waals surface area contributed by atoms with Gasteiger partial charge in [-0.05, 0) is 43.7 Å². The number of rotatable bonds is 4. The van der Waals surface area contributed by atoms with Crippen LogP contribution in [0.3, 0.4) is 0 Å². The van der Waals surface area contributed by atoms with Crippen LogP contribution in [-0.4, -0.2) is 12.6 Å². The third kappa shape index (κ3) is 3.10. The number of benzene rings is 1. The number of hydrogen-bond donors (Lipinski definition) is 1. The lowest BCUT2D eigenvalue weighted by Crippen LogP contribution is -2.38. The molecular weight excluding hydrogens is 206 g/mol. The molecule has 0 aliphatic heterocycles. The summed E-state index contributed by atoms with van der Waals surface area (Å²) in [5.41, 5.74) is 1.54. The highest BCUT2D eigenvalue weighted by atomic mass is 14.9. The molecule has 1 fully saturated rings. The lowest BCUT2D eigenvalue weighted by Gasteiger charge is -2.36. The molecule has 1 saturated carbocycles. The summed E-state index contributed by atoms with van der Waals surface area (Å²) >= 11 is 0. The molecule has 0 saturated heterocycles. The minimum Gasteiger partial charge on any atom is -0.314 e. The van der Waals surface area contributed by atoms with E-state index < -0.39 is 0 Å². The maximum absolute atomic E-state index is 3.61. The van der Waals surface area contributed by atoms with Gasteiger partial charge in [0, 0.05) is 6.04 Å². The van der Waals surface area contributed by atoms with Crippen molar-refractivity contribution in [3.8, 4) is 0 Å². The molecule has 1 aliphatic carbocycles. The topological polar surface area (TPSA) is 12.0 Å². The van der Waals surface area contributed by atoms with Gasteiger partial charge in [-0.15, -0.1) is 0 Å². The molecular formula is C16H25N. The van der Waals surface area contributed by atoms with Gasteiger partial charge in [-0.2, -0.15) is 0 Å². The molecule has 0 aromatic heterocycles. The first-order valence-electron chi connectivity index (χ1n) is 7.11. The number of hydrogen-bond acceptors (Lipinski definition) is 1. The van der Waals surface area contributed by atoms with Gasteiger partial charge in [-0.1, -0.05) is 50.1 Å². The minimum absolute atomic E-state index is 0.644. The highest BCUT2D eigenvalue weighted by Gasteiger charge is 2.29. The van der Waals surface area contributed by atoms with E-state index in [2.05, 4.69) is 49.5 Å². The largest absolute Gasteiger partial charge is 0.314 e. The lowest BCUT2D eigenvalue weighted by molar-refractivity contribution is 0.245. The molecule has 0 radical (unpaired) electrons. The van der Waals surface area contributed by atoms with Crippen molar-refractivity contribution in [1.29, 1.82) is 0 Å². The van der Waals surface area contributed by atoms with Crippen LogP contribution in [0.15, 0.2) is 30.3 Å². The van der Waals surface area contributed by atoms with E-state index in [0.717, 1.165) is 18.4 Å². The predicted octanol–water partition coefficient (Wildman–Crippen LogP) is 3.96. The van der Waals surface area contributed by atoms with Gasteiger partial charge >= 0.3 is 0 Å². The summed E-state index contributed by atoms with van der Waals surface area (Å²) in [5, 5.41) is 3.61. The molecule has 3 unspecified atom stereocenters. The fraction of sp³-hybridized carbons (Fsp3) is 0.625. The first kappa shape index (κ1) is 12.6. The van der Waals surface area contributed by atoms with E-state index in [1.165, 1.54) is 25.7 Å². The van der Waals surface area contributed by atoms with Gasteiger partial charge in [0.15, 0.2) is 0 Å². The van der Waals surface area contributed by atoms with Crippen molar-refractivity contribution in [3.05, 3.63) is 35.9 Å². The maximum atomic E-state index is 3.61. The predicted molar refractivity (Wildman–Crippen MR) is 74.3 cm³/mol.